The van der Waals surface area contributed by atoms with Gasteiger partial charge >= 0.3 is 6.09 Å². The van der Waals surface area contributed by atoms with Crippen molar-refractivity contribution in [3.63, 3.8) is 0 Å². The molecule has 0 spiro atoms. The first kappa shape index (κ1) is 14.3. The van der Waals surface area contributed by atoms with Gasteiger partial charge in [-0.05, 0) is 12.8 Å². The van der Waals surface area contributed by atoms with Gasteiger partial charge in [-0.3, -0.25) is 0 Å². The van der Waals surface area contributed by atoms with E-state index in [1.165, 1.54) is 32.1 Å². The van der Waals surface area contributed by atoms with E-state index < -0.39 is 6.09 Å². The summed E-state index contributed by atoms with van der Waals surface area (Å²) >= 11 is 0. The molecule has 1 amide bonds. The molecule has 0 saturated carbocycles. The first-order valence-corrected chi connectivity index (χ1v) is 6.20. The maximum atomic E-state index is 10.4. The van der Waals surface area contributed by atoms with E-state index in [0.29, 0.717) is 0 Å². The van der Waals surface area contributed by atoms with Gasteiger partial charge in [0.25, 0.3) is 0 Å². The van der Waals surface area contributed by atoms with Crippen molar-refractivity contribution < 1.29 is 9.90 Å². The molecular formula is C12H25NO2. The van der Waals surface area contributed by atoms with Crippen molar-refractivity contribution in [1.29, 1.82) is 0 Å². The minimum Gasteiger partial charge on any atom is -0.465 e. The van der Waals surface area contributed by atoms with Crippen molar-refractivity contribution in [2.45, 2.75) is 71.3 Å². The minimum absolute atomic E-state index is 0.147. The lowest BCUT2D eigenvalue weighted by molar-refractivity contribution is 0.188. The van der Waals surface area contributed by atoms with E-state index in [2.05, 4.69) is 12.2 Å². The fraction of sp³-hybridized carbons (Fsp3) is 0.917. The number of unbranched alkanes of at least 4 members (excludes halogenated alkanes) is 5. The van der Waals surface area contributed by atoms with Crippen LogP contribution < -0.4 is 5.32 Å². The molecule has 0 radical (unpaired) electrons. The molecule has 0 aromatic rings. The predicted octanol–water partition coefficient (Wildman–Crippen LogP) is 3.78. The Morgan fingerprint density at radius 3 is 2.27 bits per heavy atom. The molecule has 0 saturated heterocycles. The zero-order valence-corrected chi connectivity index (χ0v) is 10.1. The Bertz CT molecular complexity index is 160. The monoisotopic (exact) mass is 215 g/mol. The van der Waals surface area contributed by atoms with Crippen molar-refractivity contribution in [1.82, 2.24) is 5.32 Å². The molecule has 0 rings (SSSR count). The number of nitrogens with one attached hydrogen (secondary N) is 1. The highest BCUT2D eigenvalue weighted by Gasteiger charge is 2.07. The Labute approximate surface area is 93.3 Å². The fourth-order valence-electron chi connectivity index (χ4n) is 1.72. The molecule has 0 aliphatic rings. The van der Waals surface area contributed by atoms with Crippen molar-refractivity contribution in [2.75, 3.05) is 0 Å². The van der Waals surface area contributed by atoms with E-state index in [4.69, 9.17) is 5.11 Å². The maximum Gasteiger partial charge on any atom is 0.404 e. The number of amides is 1. The van der Waals surface area contributed by atoms with Crippen LogP contribution in [0.4, 0.5) is 4.79 Å². The molecule has 0 aromatic carbocycles. The highest BCUT2D eigenvalue weighted by molar-refractivity contribution is 5.64. The van der Waals surface area contributed by atoms with Crippen molar-refractivity contribution in [3.05, 3.63) is 0 Å². The molecule has 2 N–H and O–H groups in total. The van der Waals surface area contributed by atoms with Crippen LogP contribution in [0, 0.1) is 0 Å². The van der Waals surface area contributed by atoms with Crippen LogP contribution in [0.3, 0.4) is 0 Å². The highest BCUT2D eigenvalue weighted by Crippen LogP contribution is 2.09. The number of carbonyl (C=O) groups is 1. The lowest BCUT2D eigenvalue weighted by atomic mass is 10.0. The lowest BCUT2D eigenvalue weighted by Crippen LogP contribution is -2.32. The predicted molar refractivity (Wildman–Crippen MR) is 63.2 cm³/mol. The van der Waals surface area contributed by atoms with Crippen LogP contribution >= 0.6 is 0 Å². The van der Waals surface area contributed by atoms with Crippen LogP contribution in [-0.2, 0) is 0 Å². The third-order valence-corrected chi connectivity index (χ3v) is 2.73. The van der Waals surface area contributed by atoms with Crippen LogP contribution in [0.2, 0.25) is 0 Å². The summed E-state index contributed by atoms with van der Waals surface area (Å²) in [4.78, 5) is 10.4. The van der Waals surface area contributed by atoms with Gasteiger partial charge < -0.3 is 10.4 Å². The summed E-state index contributed by atoms with van der Waals surface area (Å²) in [5.74, 6) is 0. The molecule has 90 valence electrons. The van der Waals surface area contributed by atoms with Crippen molar-refractivity contribution in [3.8, 4) is 0 Å². The quantitative estimate of drug-likeness (QED) is 0.575. The molecular weight excluding hydrogens is 190 g/mol. The molecule has 15 heavy (non-hydrogen) atoms. The Morgan fingerprint density at radius 1 is 1.13 bits per heavy atom. The summed E-state index contributed by atoms with van der Waals surface area (Å²) in [5, 5.41) is 11.1. The van der Waals surface area contributed by atoms with Crippen molar-refractivity contribution in [2.24, 2.45) is 0 Å². The summed E-state index contributed by atoms with van der Waals surface area (Å²) in [6.07, 6.45) is 8.56. The molecule has 0 aliphatic carbocycles. The van der Waals surface area contributed by atoms with Crippen LogP contribution in [0.25, 0.3) is 0 Å². The molecule has 1 atom stereocenters. The second-order valence-corrected chi connectivity index (χ2v) is 4.11. The molecule has 0 bridgehead atoms. The van der Waals surface area contributed by atoms with Gasteiger partial charge in [0.15, 0.2) is 0 Å². The number of carboxylic acid groups (broad SMARTS) is 1. The summed E-state index contributed by atoms with van der Waals surface area (Å²) in [6, 6.07) is 0.147. The van der Waals surface area contributed by atoms with Gasteiger partial charge in [0.05, 0.1) is 0 Å². The topological polar surface area (TPSA) is 49.3 Å². The van der Waals surface area contributed by atoms with E-state index in [-0.39, 0.29) is 6.04 Å². The zero-order valence-electron chi connectivity index (χ0n) is 10.1. The third kappa shape index (κ3) is 9.57. The second kappa shape index (κ2) is 9.81. The first-order valence-electron chi connectivity index (χ1n) is 6.20. The second-order valence-electron chi connectivity index (χ2n) is 4.11. The maximum absolute atomic E-state index is 10.4. The summed E-state index contributed by atoms with van der Waals surface area (Å²) < 4.78 is 0. The Morgan fingerprint density at radius 2 is 1.73 bits per heavy atom. The van der Waals surface area contributed by atoms with Crippen LogP contribution in [0.1, 0.15) is 65.2 Å². The zero-order chi connectivity index (χ0) is 11.5. The number of hydrogen-bond donors (Lipinski definition) is 2. The average Bonchev–Trinajstić information content (AvgIpc) is 2.20. The first-order chi connectivity index (χ1) is 7.20. The van der Waals surface area contributed by atoms with Crippen LogP contribution in [0.15, 0.2) is 0 Å². The average molecular weight is 215 g/mol. The standard InChI is InChI=1S/C12H25NO2/c1-3-5-6-7-8-9-10-11(4-2)13-12(14)15/h11,13H,3-10H2,1-2H3,(H,14,15). The van der Waals surface area contributed by atoms with Crippen LogP contribution in [-0.4, -0.2) is 17.2 Å². The minimum atomic E-state index is -0.896. The number of rotatable bonds is 9. The van der Waals surface area contributed by atoms with E-state index in [9.17, 15) is 4.79 Å². The summed E-state index contributed by atoms with van der Waals surface area (Å²) in [5.41, 5.74) is 0. The van der Waals surface area contributed by atoms with Crippen molar-refractivity contribution >= 4 is 6.09 Å². The van der Waals surface area contributed by atoms with Crippen LogP contribution in [0.5, 0.6) is 0 Å². The van der Waals surface area contributed by atoms with Gasteiger partial charge in [-0.1, -0.05) is 52.4 Å². The Kier molecular flexibility index (Phi) is 9.33. The normalized spacial score (nSPS) is 12.4. The summed E-state index contributed by atoms with van der Waals surface area (Å²) in [7, 11) is 0. The Balaban J connectivity index is 3.34. The largest absolute Gasteiger partial charge is 0.465 e. The molecule has 3 nitrogen and oxygen atoms in total. The van der Waals surface area contributed by atoms with Gasteiger partial charge in [0.1, 0.15) is 0 Å². The molecule has 3 heteroatoms. The lowest BCUT2D eigenvalue weighted by Gasteiger charge is -2.14. The van der Waals surface area contributed by atoms with Gasteiger partial charge in [0.2, 0.25) is 0 Å². The molecule has 0 aromatic heterocycles. The SMILES string of the molecule is CCCCCCCCC(CC)NC(=O)O. The van der Waals surface area contributed by atoms with Gasteiger partial charge in [-0.2, -0.15) is 0 Å². The summed E-state index contributed by atoms with van der Waals surface area (Å²) in [6.45, 7) is 4.24. The van der Waals surface area contributed by atoms with E-state index in [1.807, 2.05) is 6.92 Å². The highest BCUT2D eigenvalue weighted by atomic mass is 16.4. The van der Waals surface area contributed by atoms with Gasteiger partial charge in [-0.15, -0.1) is 0 Å². The van der Waals surface area contributed by atoms with E-state index in [0.717, 1.165) is 19.3 Å². The van der Waals surface area contributed by atoms with E-state index in [1.54, 1.807) is 0 Å². The van der Waals surface area contributed by atoms with Gasteiger partial charge in [0, 0.05) is 6.04 Å². The Hall–Kier alpha value is -0.730. The smallest absolute Gasteiger partial charge is 0.404 e. The van der Waals surface area contributed by atoms with Gasteiger partial charge in [-0.25, -0.2) is 4.79 Å². The molecule has 1 unspecified atom stereocenters. The van der Waals surface area contributed by atoms with E-state index >= 15 is 0 Å². The molecule has 0 heterocycles. The number of hydrogen-bond acceptors (Lipinski definition) is 1. The molecule has 0 fully saturated rings. The molecule has 0 aliphatic heterocycles. The fourth-order valence-corrected chi connectivity index (χ4v) is 1.72. The third-order valence-electron chi connectivity index (χ3n) is 2.73.